The molecule has 2 N–H and O–H groups in total. The molecule has 7 nitrogen and oxygen atoms in total. The lowest BCUT2D eigenvalue weighted by Gasteiger charge is -2.28. The summed E-state index contributed by atoms with van der Waals surface area (Å²) in [4.78, 5) is 39.0. The van der Waals surface area contributed by atoms with Crippen LogP contribution in [0.3, 0.4) is 0 Å². The number of H-pyrrole nitrogens is 1. The first-order valence-electron chi connectivity index (χ1n) is 9.75. The van der Waals surface area contributed by atoms with Gasteiger partial charge in [0.25, 0.3) is 5.56 Å². The number of carbonyl (C=O) groups is 1. The zero-order valence-corrected chi connectivity index (χ0v) is 17.3. The van der Waals surface area contributed by atoms with E-state index in [1.54, 1.807) is 6.20 Å². The van der Waals surface area contributed by atoms with Crippen molar-refractivity contribution in [1.29, 1.82) is 0 Å². The Balaban J connectivity index is 1.78. The Morgan fingerprint density at radius 3 is 2.79 bits per heavy atom. The lowest BCUT2D eigenvalue weighted by atomic mass is 9.95. The minimum atomic E-state index is -0.494. The van der Waals surface area contributed by atoms with E-state index >= 15 is 0 Å². The quantitative estimate of drug-likeness (QED) is 0.847. The van der Waals surface area contributed by atoms with Gasteiger partial charge in [0.05, 0.1) is 11.3 Å². The van der Waals surface area contributed by atoms with Crippen LogP contribution in [0.4, 0.5) is 5.82 Å². The number of carbonyl (C=O) groups excluding carboxylic acids is 1. The average Bonchev–Trinajstić information content (AvgIpc) is 2.62. The van der Waals surface area contributed by atoms with Gasteiger partial charge < -0.3 is 10.3 Å². The number of pyridine rings is 1. The van der Waals surface area contributed by atoms with E-state index in [4.69, 9.17) is 0 Å². The van der Waals surface area contributed by atoms with E-state index in [0.29, 0.717) is 18.9 Å². The standard InChI is InChI=1S/C21H29N5O2/c1-13(2)17-23-16-8-10-26(12-15(16)19(27)24-17)11-14-7-6-9-22-18(14)25-20(28)21(3,4)5/h6-7,9,13H,8,10-12H2,1-5H3,(H,22,25,28)(H,23,24,27). The number of nitrogens with zero attached hydrogens (tertiary/aromatic N) is 3. The molecule has 0 radical (unpaired) electrons. The van der Waals surface area contributed by atoms with Gasteiger partial charge in [-0.2, -0.15) is 0 Å². The van der Waals surface area contributed by atoms with Gasteiger partial charge in [0, 0.05) is 49.1 Å². The summed E-state index contributed by atoms with van der Waals surface area (Å²) < 4.78 is 0. The van der Waals surface area contributed by atoms with Crippen molar-refractivity contribution in [2.75, 3.05) is 11.9 Å². The van der Waals surface area contributed by atoms with Gasteiger partial charge in [0.1, 0.15) is 11.6 Å². The summed E-state index contributed by atoms with van der Waals surface area (Å²) in [5, 5.41) is 2.93. The van der Waals surface area contributed by atoms with Crippen molar-refractivity contribution in [2.24, 2.45) is 5.41 Å². The monoisotopic (exact) mass is 383 g/mol. The summed E-state index contributed by atoms with van der Waals surface area (Å²) >= 11 is 0. The maximum absolute atomic E-state index is 12.5. The van der Waals surface area contributed by atoms with Crippen molar-refractivity contribution in [3.05, 3.63) is 51.3 Å². The zero-order valence-electron chi connectivity index (χ0n) is 17.3. The Bertz CT molecular complexity index is 927. The highest BCUT2D eigenvalue weighted by Crippen LogP contribution is 2.22. The van der Waals surface area contributed by atoms with Crippen molar-refractivity contribution >= 4 is 11.7 Å². The molecule has 0 aromatic carbocycles. The Labute approximate surface area is 165 Å². The van der Waals surface area contributed by atoms with E-state index in [2.05, 4.69) is 25.2 Å². The molecule has 3 rings (SSSR count). The molecule has 0 fully saturated rings. The maximum Gasteiger partial charge on any atom is 0.255 e. The molecule has 1 amide bonds. The number of aromatic amines is 1. The van der Waals surface area contributed by atoms with Crippen molar-refractivity contribution in [3.63, 3.8) is 0 Å². The first kappa shape index (κ1) is 20.2. The number of anilines is 1. The molecule has 0 bridgehead atoms. The first-order valence-corrected chi connectivity index (χ1v) is 9.75. The number of nitrogens with one attached hydrogen (secondary N) is 2. The molecule has 150 valence electrons. The van der Waals surface area contributed by atoms with Crippen molar-refractivity contribution in [3.8, 4) is 0 Å². The van der Waals surface area contributed by atoms with Crippen LogP contribution in [0.5, 0.6) is 0 Å². The molecule has 3 heterocycles. The predicted octanol–water partition coefficient (Wildman–Crippen LogP) is 2.83. The Morgan fingerprint density at radius 1 is 1.36 bits per heavy atom. The predicted molar refractivity (Wildman–Crippen MR) is 109 cm³/mol. The molecule has 0 unspecified atom stereocenters. The number of aromatic nitrogens is 3. The Kier molecular flexibility index (Phi) is 5.65. The van der Waals surface area contributed by atoms with Gasteiger partial charge in [0.2, 0.25) is 5.91 Å². The molecule has 0 aliphatic carbocycles. The second-order valence-corrected chi connectivity index (χ2v) is 8.71. The highest BCUT2D eigenvalue weighted by atomic mass is 16.2. The van der Waals surface area contributed by atoms with Crippen LogP contribution in [0, 0.1) is 5.41 Å². The largest absolute Gasteiger partial charge is 0.310 e. The smallest absolute Gasteiger partial charge is 0.255 e. The molecule has 28 heavy (non-hydrogen) atoms. The normalized spacial score (nSPS) is 14.8. The summed E-state index contributed by atoms with van der Waals surface area (Å²) in [6.07, 6.45) is 2.41. The molecule has 1 aliphatic rings. The number of rotatable bonds is 4. The number of fused-ring (bicyclic) bond motifs is 1. The fourth-order valence-corrected chi connectivity index (χ4v) is 3.12. The average molecular weight is 383 g/mol. The van der Waals surface area contributed by atoms with E-state index in [-0.39, 0.29) is 17.4 Å². The van der Waals surface area contributed by atoms with Crippen LogP contribution in [-0.4, -0.2) is 32.3 Å². The van der Waals surface area contributed by atoms with Crippen LogP contribution in [0.1, 0.15) is 63.2 Å². The third-order valence-electron chi connectivity index (χ3n) is 4.91. The Morgan fingerprint density at radius 2 is 2.11 bits per heavy atom. The van der Waals surface area contributed by atoms with E-state index in [9.17, 15) is 9.59 Å². The molecule has 2 aromatic heterocycles. The van der Waals surface area contributed by atoms with E-state index < -0.39 is 5.41 Å². The van der Waals surface area contributed by atoms with Crippen LogP contribution in [0.15, 0.2) is 23.1 Å². The molecular formula is C21H29N5O2. The van der Waals surface area contributed by atoms with E-state index in [1.807, 2.05) is 46.8 Å². The van der Waals surface area contributed by atoms with Gasteiger partial charge in [0.15, 0.2) is 0 Å². The number of amides is 1. The lowest BCUT2D eigenvalue weighted by molar-refractivity contribution is -0.123. The van der Waals surface area contributed by atoms with Crippen molar-refractivity contribution < 1.29 is 4.79 Å². The van der Waals surface area contributed by atoms with Crippen LogP contribution < -0.4 is 10.9 Å². The number of hydrogen-bond acceptors (Lipinski definition) is 5. The third-order valence-corrected chi connectivity index (χ3v) is 4.91. The fraction of sp³-hybridized carbons (Fsp3) is 0.524. The van der Waals surface area contributed by atoms with Gasteiger partial charge >= 0.3 is 0 Å². The molecular weight excluding hydrogens is 354 g/mol. The van der Waals surface area contributed by atoms with Gasteiger partial charge in [-0.3, -0.25) is 14.5 Å². The van der Waals surface area contributed by atoms with Gasteiger partial charge in [-0.25, -0.2) is 9.97 Å². The molecule has 1 aliphatic heterocycles. The summed E-state index contributed by atoms with van der Waals surface area (Å²) in [5.41, 5.74) is 2.03. The highest BCUT2D eigenvalue weighted by molar-refractivity contribution is 5.94. The molecule has 0 saturated heterocycles. The van der Waals surface area contributed by atoms with Crippen LogP contribution in [-0.2, 0) is 24.3 Å². The Hall–Kier alpha value is -2.54. The molecule has 2 aromatic rings. The summed E-state index contributed by atoms with van der Waals surface area (Å²) in [5.74, 6) is 1.45. The van der Waals surface area contributed by atoms with Crippen molar-refractivity contribution in [2.45, 2.75) is 60.0 Å². The summed E-state index contributed by atoms with van der Waals surface area (Å²) in [6.45, 7) is 11.6. The van der Waals surface area contributed by atoms with E-state index in [0.717, 1.165) is 35.6 Å². The van der Waals surface area contributed by atoms with Crippen molar-refractivity contribution in [1.82, 2.24) is 19.9 Å². The van der Waals surface area contributed by atoms with Gasteiger partial charge in [-0.1, -0.05) is 40.7 Å². The van der Waals surface area contributed by atoms with Gasteiger partial charge in [-0.05, 0) is 6.07 Å². The van der Waals surface area contributed by atoms with Gasteiger partial charge in [-0.15, -0.1) is 0 Å². The zero-order chi connectivity index (χ0) is 20.5. The minimum absolute atomic E-state index is 0.0501. The first-order chi connectivity index (χ1) is 13.1. The minimum Gasteiger partial charge on any atom is -0.310 e. The molecule has 7 heteroatoms. The molecule has 0 saturated carbocycles. The maximum atomic E-state index is 12.5. The van der Waals surface area contributed by atoms with Crippen LogP contribution >= 0.6 is 0 Å². The fourth-order valence-electron chi connectivity index (χ4n) is 3.12. The summed E-state index contributed by atoms with van der Waals surface area (Å²) in [7, 11) is 0. The second kappa shape index (κ2) is 7.83. The topological polar surface area (TPSA) is 91.0 Å². The van der Waals surface area contributed by atoms with Crippen LogP contribution in [0.2, 0.25) is 0 Å². The summed E-state index contributed by atoms with van der Waals surface area (Å²) in [6, 6.07) is 3.83. The number of hydrogen-bond donors (Lipinski definition) is 2. The third kappa shape index (κ3) is 4.47. The lowest BCUT2D eigenvalue weighted by Crippen LogP contribution is -2.36. The van der Waals surface area contributed by atoms with Crippen LogP contribution in [0.25, 0.3) is 0 Å². The molecule has 0 atom stereocenters. The second-order valence-electron chi connectivity index (χ2n) is 8.71. The highest BCUT2D eigenvalue weighted by Gasteiger charge is 2.25. The SMILES string of the molecule is CC(C)c1nc2c(c(=O)[nH]1)CN(Cc1cccnc1NC(=O)C(C)(C)C)CC2. The molecule has 0 spiro atoms. The van der Waals surface area contributed by atoms with E-state index in [1.165, 1.54) is 0 Å².